The lowest BCUT2D eigenvalue weighted by Gasteiger charge is -2.12. The average Bonchev–Trinajstić information content (AvgIpc) is 2.86. The van der Waals surface area contributed by atoms with Gasteiger partial charge in [0.25, 0.3) is 0 Å². The molecular weight excluding hydrogens is 268 g/mol. The molecule has 0 aliphatic heterocycles. The Morgan fingerprint density at radius 2 is 1.95 bits per heavy atom. The Bertz CT molecular complexity index is 330. The molecule has 19 heavy (non-hydrogen) atoms. The van der Waals surface area contributed by atoms with Crippen LogP contribution in [-0.2, 0) is 14.3 Å². The SMILES string of the molecule is COC(=O)CCSCC(=O)NC(=O)NC1CCCC1. The van der Waals surface area contributed by atoms with Gasteiger partial charge in [0, 0.05) is 11.8 Å². The number of amides is 3. The number of esters is 1. The quantitative estimate of drug-likeness (QED) is 0.564. The van der Waals surface area contributed by atoms with E-state index >= 15 is 0 Å². The molecule has 0 aromatic rings. The van der Waals surface area contributed by atoms with Gasteiger partial charge in [0.15, 0.2) is 0 Å². The average molecular weight is 288 g/mol. The molecule has 1 aliphatic carbocycles. The van der Waals surface area contributed by atoms with Crippen molar-refractivity contribution < 1.29 is 19.1 Å². The van der Waals surface area contributed by atoms with Crippen molar-refractivity contribution in [3.05, 3.63) is 0 Å². The highest BCUT2D eigenvalue weighted by Gasteiger charge is 2.18. The highest BCUT2D eigenvalue weighted by Crippen LogP contribution is 2.17. The van der Waals surface area contributed by atoms with Crippen LogP contribution in [0.4, 0.5) is 4.79 Å². The predicted molar refractivity (Wildman–Crippen MR) is 72.9 cm³/mol. The summed E-state index contributed by atoms with van der Waals surface area (Å²) in [6, 6.07) is -0.231. The molecule has 0 aromatic heterocycles. The Morgan fingerprint density at radius 3 is 2.58 bits per heavy atom. The van der Waals surface area contributed by atoms with Gasteiger partial charge in [-0.05, 0) is 12.8 Å². The Balaban J connectivity index is 2.06. The van der Waals surface area contributed by atoms with Crippen molar-refractivity contribution in [3.63, 3.8) is 0 Å². The number of thioether (sulfide) groups is 1. The summed E-state index contributed by atoms with van der Waals surface area (Å²) in [6.45, 7) is 0. The van der Waals surface area contributed by atoms with E-state index in [0.29, 0.717) is 5.75 Å². The van der Waals surface area contributed by atoms with Gasteiger partial charge < -0.3 is 10.1 Å². The van der Waals surface area contributed by atoms with Crippen molar-refractivity contribution in [2.24, 2.45) is 0 Å². The third kappa shape index (κ3) is 7.05. The number of hydrogen-bond donors (Lipinski definition) is 2. The zero-order valence-electron chi connectivity index (χ0n) is 11.1. The summed E-state index contributed by atoms with van der Waals surface area (Å²) < 4.78 is 4.48. The fourth-order valence-corrected chi connectivity index (χ4v) is 2.59. The highest BCUT2D eigenvalue weighted by molar-refractivity contribution is 7.99. The second-order valence-corrected chi connectivity index (χ2v) is 5.49. The number of ether oxygens (including phenoxy) is 1. The number of methoxy groups -OCH3 is 1. The Morgan fingerprint density at radius 1 is 1.26 bits per heavy atom. The van der Waals surface area contributed by atoms with E-state index < -0.39 is 6.03 Å². The van der Waals surface area contributed by atoms with Crippen molar-refractivity contribution in [2.45, 2.75) is 38.1 Å². The summed E-state index contributed by atoms with van der Waals surface area (Å²) in [5.41, 5.74) is 0. The van der Waals surface area contributed by atoms with Gasteiger partial charge in [-0.25, -0.2) is 4.79 Å². The first-order valence-electron chi connectivity index (χ1n) is 6.36. The molecule has 6 nitrogen and oxygen atoms in total. The van der Waals surface area contributed by atoms with E-state index in [9.17, 15) is 14.4 Å². The van der Waals surface area contributed by atoms with E-state index in [0.717, 1.165) is 25.7 Å². The van der Waals surface area contributed by atoms with Crippen LogP contribution in [0.15, 0.2) is 0 Å². The minimum absolute atomic E-state index is 0.162. The third-order valence-electron chi connectivity index (χ3n) is 2.85. The molecule has 108 valence electrons. The van der Waals surface area contributed by atoms with Crippen LogP contribution in [0, 0.1) is 0 Å². The molecule has 0 saturated heterocycles. The molecule has 1 rings (SSSR count). The van der Waals surface area contributed by atoms with Crippen molar-refractivity contribution in [1.82, 2.24) is 10.6 Å². The Hall–Kier alpha value is -1.24. The van der Waals surface area contributed by atoms with Gasteiger partial charge in [-0.1, -0.05) is 12.8 Å². The molecule has 7 heteroatoms. The number of hydrogen-bond acceptors (Lipinski definition) is 5. The van der Waals surface area contributed by atoms with Gasteiger partial charge in [-0.3, -0.25) is 14.9 Å². The molecule has 1 aliphatic rings. The molecule has 0 radical (unpaired) electrons. The molecular formula is C12H20N2O4S. The summed E-state index contributed by atoms with van der Waals surface area (Å²) in [4.78, 5) is 33.7. The standard InChI is InChI=1S/C12H20N2O4S/c1-18-11(16)6-7-19-8-10(15)14-12(17)13-9-4-2-3-5-9/h9H,2-8H2,1H3,(H2,13,14,15,17). The molecule has 3 amide bonds. The van der Waals surface area contributed by atoms with Gasteiger partial charge in [0.1, 0.15) is 0 Å². The topological polar surface area (TPSA) is 84.5 Å². The van der Waals surface area contributed by atoms with Gasteiger partial charge in [-0.2, -0.15) is 11.8 Å². The summed E-state index contributed by atoms with van der Waals surface area (Å²) in [6.07, 6.45) is 4.48. The number of carbonyl (C=O) groups is 3. The zero-order chi connectivity index (χ0) is 14.1. The maximum absolute atomic E-state index is 11.5. The molecule has 0 spiro atoms. The lowest BCUT2D eigenvalue weighted by atomic mass is 10.2. The normalized spacial score (nSPS) is 15.0. The third-order valence-corrected chi connectivity index (χ3v) is 3.81. The monoisotopic (exact) mass is 288 g/mol. The first kappa shape index (κ1) is 15.8. The van der Waals surface area contributed by atoms with E-state index in [2.05, 4.69) is 15.4 Å². The van der Waals surface area contributed by atoms with Crippen LogP contribution in [0.2, 0.25) is 0 Å². The van der Waals surface area contributed by atoms with Crippen LogP contribution in [0.5, 0.6) is 0 Å². The second kappa shape index (κ2) is 8.79. The Kier molecular flexibility index (Phi) is 7.32. The fourth-order valence-electron chi connectivity index (χ4n) is 1.88. The maximum Gasteiger partial charge on any atom is 0.321 e. The number of carbonyl (C=O) groups excluding carboxylic acids is 3. The maximum atomic E-state index is 11.5. The van der Waals surface area contributed by atoms with Crippen LogP contribution >= 0.6 is 11.8 Å². The molecule has 2 N–H and O–H groups in total. The molecule has 0 atom stereocenters. The largest absolute Gasteiger partial charge is 0.469 e. The summed E-state index contributed by atoms with van der Waals surface area (Å²) in [7, 11) is 1.33. The molecule has 0 aromatic carbocycles. The zero-order valence-corrected chi connectivity index (χ0v) is 11.9. The predicted octanol–water partition coefficient (Wildman–Crippen LogP) is 1.05. The first-order valence-corrected chi connectivity index (χ1v) is 7.52. The smallest absolute Gasteiger partial charge is 0.321 e. The fraction of sp³-hybridized carbons (Fsp3) is 0.750. The first-order chi connectivity index (χ1) is 9.11. The number of nitrogens with one attached hydrogen (secondary N) is 2. The van der Waals surface area contributed by atoms with Crippen LogP contribution in [0.3, 0.4) is 0 Å². The van der Waals surface area contributed by atoms with Crippen LogP contribution in [-0.4, -0.2) is 42.6 Å². The van der Waals surface area contributed by atoms with E-state index in [-0.39, 0.29) is 30.1 Å². The highest BCUT2D eigenvalue weighted by atomic mass is 32.2. The van der Waals surface area contributed by atoms with E-state index in [4.69, 9.17) is 0 Å². The number of rotatable bonds is 6. The molecule has 0 unspecified atom stereocenters. The van der Waals surface area contributed by atoms with E-state index in [1.165, 1.54) is 18.9 Å². The van der Waals surface area contributed by atoms with Crippen molar-refractivity contribution >= 4 is 29.7 Å². The summed E-state index contributed by atoms with van der Waals surface area (Å²) >= 11 is 1.30. The summed E-state index contributed by atoms with van der Waals surface area (Å²) in [5, 5.41) is 5.06. The number of urea groups is 1. The molecule has 1 saturated carbocycles. The lowest BCUT2D eigenvalue weighted by Crippen LogP contribution is -2.44. The van der Waals surface area contributed by atoms with Gasteiger partial charge in [0.2, 0.25) is 5.91 Å². The van der Waals surface area contributed by atoms with E-state index in [1.54, 1.807) is 0 Å². The van der Waals surface area contributed by atoms with Crippen LogP contribution in [0.1, 0.15) is 32.1 Å². The van der Waals surface area contributed by atoms with Gasteiger partial charge in [-0.15, -0.1) is 0 Å². The lowest BCUT2D eigenvalue weighted by molar-refractivity contribution is -0.140. The Labute approximate surface area is 117 Å². The molecule has 1 fully saturated rings. The van der Waals surface area contributed by atoms with Crippen LogP contribution < -0.4 is 10.6 Å². The molecule has 0 heterocycles. The number of imide groups is 1. The molecule has 0 bridgehead atoms. The minimum Gasteiger partial charge on any atom is -0.469 e. The summed E-state index contributed by atoms with van der Waals surface area (Å²) in [5.74, 6) is 0.0247. The van der Waals surface area contributed by atoms with Crippen LogP contribution in [0.25, 0.3) is 0 Å². The van der Waals surface area contributed by atoms with Crippen molar-refractivity contribution in [3.8, 4) is 0 Å². The van der Waals surface area contributed by atoms with Gasteiger partial charge in [0.05, 0.1) is 19.3 Å². The van der Waals surface area contributed by atoms with Crippen molar-refractivity contribution in [2.75, 3.05) is 18.6 Å². The second-order valence-electron chi connectivity index (χ2n) is 4.38. The minimum atomic E-state index is -0.425. The van der Waals surface area contributed by atoms with E-state index in [1.807, 2.05) is 0 Å². The van der Waals surface area contributed by atoms with Gasteiger partial charge >= 0.3 is 12.0 Å². The van der Waals surface area contributed by atoms with Crippen molar-refractivity contribution in [1.29, 1.82) is 0 Å².